The van der Waals surface area contributed by atoms with E-state index in [4.69, 9.17) is 17.3 Å². The number of rotatable bonds is 3. The van der Waals surface area contributed by atoms with E-state index in [0.717, 1.165) is 11.4 Å². The van der Waals surface area contributed by atoms with E-state index in [2.05, 4.69) is 43.4 Å². The molecule has 0 spiro atoms. The van der Waals surface area contributed by atoms with Gasteiger partial charge in [-0.15, -0.1) is 0 Å². The average molecular weight is 261 g/mol. The molecule has 2 rings (SSSR count). The summed E-state index contributed by atoms with van der Waals surface area (Å²) in [5, 5.41) is 3.93. The van der Waals surface area contributed by atoms with Gasteiger partial charge in [0.1, 0.15) is 0 Å². The molecular formula is C15H17ClN2. The largest absolute Gasteiger partial charge is 0.397 e. The second kappa shape index (κ2) is 5.32. The normalized spacial score (nSPS) is 10.7. The topological polar surface area (TPSA) is 38.0 Å². The van der Waals surface area contributed by atoms with Crippen LogP contribution in [0.25, 0.3) is 0 Å². The van der Waals surface area contributed by atoms with E-state index in [1.165, 1.54) is 5.56 Å². The Morgan fingerprint density at radius 2 is 1.72 bits per heavy atom. The zero-order valence-corrected chi connectivity index (χ0v) is 11.3. The zero-order valence-electron chi connectivity index (χ0n) is 10.6. The van der Waals surface area contributed by atoms with Gasteiger partial charge in [0.2, 0.25) is 0 Å². The first-order chi connectivity index (χ1) is 8.56. The van der Waals surface area contributed by atoms with Crippen molar-refractivity contribution in [2.45, 2.75) is 19.8 Å². The molecule has 0 saturated carbocycles. The number of hydrogen-bond acceptors (Lipinski definition) is 2. The summed E-state index contributed by atoms with van der Waals surface area (Å²) in [6, 6.07) is 13.8. The molecule has 0 aliphatic carbocycles. The zero-order chi connectivity index (χ0) is 13.1. The van der Waals surface area contributed by atoms with E-state index in [1.807, 2.05) is 12.1 Å². The van der Waals surface area contributed by atoms with Crippen molar-refractivity contribution in [2.75, 3.05) is 11.1 Å². The molecule has 0 aliphatic rings. The summed E-state index contributed by atoms with van der Waals surface area (Å²) >= 11 is 5.87. The van der Waals surface area contributed by atoms with Crippen LogP contribution in [0.15, 0.2) is 42.5 Å². The third kappa shape index (κ3) is 2.96. The fourth-order valence-corrected chi connectivity index (χ4v) is 1.93. The molecule has 0 amide bonds. The van der Waals surface area contributed by atoms with E-state index >= 15 is 0 Å². The van der Waals surface area contributed by atoms with Crippen LogP contribution in [0, 0.1) is 0 Å². The number of hydrogen-bond donors (Lipinski definition) is 2. The van der Waals surface area contributed by atoms with Crippen LogP contribution in [0.1, 0.15) is 25.3 Å². The number of nitrogens with one attached hydrogen (secondary N) is 1. The fraction of sp³-hybridized carbons (Fsp3) is 0.200. The smallest absolute Gasteiger partial charge is 0.0618 e. The van der Waals surface area contributed by atoms with Crippen LogP contribution in [-0.4, -0.2) is 0 Å². The minimum atomic E-state index is 0.541. The van der Waals surface area contributed by atoms with Crippen molar-refractivity contribution in [1.82, 2.24) is 0 Å². The highest BCUT2D eigenvalue weighted by Crippen LogP contribution is 2.26. The summed E-state index contributed by atoms with van der Waals surface area (Å²) in [5.41, 5.74) is 9.77. The predicted molar refractivity (Wildman–Crippen MR) is 79.7 cm³/mol. The Morgan fingerprint density at radius 3 is 2.28 bits per heavy atom. The Kier molecular flexibility index (Phi) is 3.78. The van der Waals surface area contributed by atoms with E-state index < -0.39 is 0 Å². The number of benzene rings is 2. The van der Waals surface area contributed by atoms with Gasteiger partial charge in [-0.05, 0) is 41.8 Å². The second-order valence-corrected chi connectivity index (χ2v) is 5.07. The monoisotopic (exact) mass is 260 g/mol. The van der Waals surface area contributed by atoms with E-state index in [0.29, 0.717) is 16.6 Å². The molecule has 3 N–H and O–H groups in total. The Morgan fingerprint density at radius 1 is 1.06 bits per heavy atom. The molecular weight excluding hydrogens is 244 g/mol. The third-order valence-corrected chi connectivity index (χ3v) is 3.11. The van der Waals surface area contributed by atoms with Crippen molar-refractivity contribution >= 4 is 28.7 Å². The van der Waals surface area contributed by atoms with Gasteiger partial charge >= 0.3 is 0 Å². The molecule has 0 atom stereocenters. The lowest BCUT2D eigenvalue weighted by atomic mass is 10.0. The lowest BCUT2D eigenvalue weighted by Gasteiger charge is -2.11. The van der Waals surface area contributed by atoms with Gasteiger partial charge in [-0.3, -0.25) is 0 Å². The summed E-state index contributed by atoms with van der Waals surface area (Å²) in [6.45, 7) is 4.36. The van der Waals surface area contributed by atoms with E-state index in [-0.39, 0.29) is 0 Å². The average Bonchev–Trinajstić information content (AvgIpc) is 2.33. The summed E-state index contributed by atoms with van der Waals surface area (Å²) in [6.07, 6.45) is 0. The van der Waals surface area contributed by atoms with Gasteiger partial charge in [0.25, 0.3) is 0 Å². The molecule has 18 heavy (non-hydrogen) atoms. The fourth-order valence-electron chi connectivity index (χ4n) is 1.75. The Hall–Kier alpha value is -1.67. The van der Waals surface area contributed by atoms with Crippen LogP contribution < -0.4 is 11.1 Å². The molecule has 0 unspecified atom stereocenters. The first-order valence-corrected chi connectivity index (χ1v) is 6.36. The number of halogens is 1. The molecule has 0 saturated heterocycles. The van der Waals surface area contributed by atoms with E-state index in [1.54, 1.807) is 6.07 Å². The molecule has 0 aromatic heterocycles. The quantitative estimate of drug-likeness (QED) is 0.779. The Labute approximate surface area is 113 Å². The predicted octanol–water partition coefficient (Wildman–Crippen LogP) is 4.79. The van der Waals surface area contributed by atoms with Crippen molar-refractivity contribution in [1.29, 1.82) is 0 Å². The molecule has 0 fully saturated rings. The number of nitrogens with two attached hydrogens (primary N) is 1. The minimum absolute atomic E-state index is 0.541. The van der Waals surface area contributed by atoms with Gasteiger partial charge in [-0.2, -0.15) is 0 Å². The van der Waals surface area contributed by atoms with Crippen molar-refractivity contribution < 1.29 is 0 Å². The maximum absolute atomic E-state index is 5.90. The van der Waals surface area contributed by atoms with Gasteiger partial charge in [0.15, 0.2) is 0 Å². The van der Waals surface area contributed by atoms with Crippen molar-refractivity contribution in [2.24, 2.45) is 0 Å². The van der Waals surface area contributed by atoms with Crippen molar-refractivity contribution in [3.8, 4) is 0 Å². The van der Waals surface area contributed by atoms with Crippen LogP contribution in [0.2, 0.25) is 5.02 Å². The minimum Gasteiger partial charge on any atom is -0.397 e. The van der Waals surface area contributed by atoms with Gasteiger partial charge in [0, 0.05) is 10.7 Å². The Bertz CT molecular complexity index is 533. The Balaban J connectivity index is 2.18. The first kappa shape index (κ1) is 12.8. The highest BCUT2D eigenvalue weighted by atomic mass is 35.5. The lowest BCUT2D eigenvalue weighted by Crippen LogP contribution is -1.96. The summed E-state index contributed by atoms with van der Waals surface area (Å²) in [7, 11) is 0. The molecule has 3 heteroatoms. The maximum atomic E-state index is 5.90. The standard InChI is InChI=1S/C15H17ClN2/c1-10(2)11-3-6-13(7-4-11)18-15-8-5-12(16)9-14(15)17/h3-10,18H,17H2,1-2H3. The lowest BCUT2D eigenvalue weighted by molar-refractivity contribution is 0.867. The van der Waals surface area contributed by atoms with Crippen LogP contribution in [0.5, 0.6) is 0 Å². The van der Waals surface area contributed by atoms with Gasteiger partial charge in [-0.1, -0.05) is 37.6 Å². The molecule has 2 aromatic rings. The van der Waals surface area contributed by atoms with Crippen LogP contribution in [0.3, 0.4) is 0 Å². The van der Waals surface area contributed by atoms with E-state index in [9.17, 15) is 0 Å². The highest BCUT2D eigenvalue weighted by Gasteiger charge is 2.02. The van der Waals surface area contributed by atoms with Crippen LogP contribution in [0.4, 0.5) is 17.1 Å². The molecule has 0 radical (unpaired) electrons. The van der Waals surface area contributed by atoms with Crippen LogP contribution in [-0.2, 0) is 0 Å². The number of anilines is 3. The molecule has 94 valence electrons. The number of nitrogen functional groups attached to an aromatic ring is 1. The van der Waals surface area contributed by atoms with Gasteiger partial charge < -0.3 is 11.1 Å². The van der Waals surface area contributed by atoms with Crippen LogP contribution >= 0.6 is 11.6 Å². The first-order valence-electron chi connectivity index (χ1n) is 5.98. The van der Waals surface area contributed by atoms with Crippen molar-refractivity contribution in [3.63, 3.8) is 0 Å². The van der Waals surface area contributed by atoms with Gasteiger partial charge in [-0.25, -0.2) is 0 Å². The summed E-state index contributed by atoms with van der Waals surface area (Å²) in [5.74, 6) is 0.541. The molecule has 2 aromatic carbocycles. The van der Waals surface area contributed by atoms with Gasteiger partial charge in [0.05, 0.1) is 11.4 Å². The maximum Gasteiger partial charge on any atom is 0.0618 e. The second-order valence-electron chi connectivity index (χ2n) is 4.63. The molecule has 2 nitrogen and oxygen atoms in total. The molecule has 0 heterocycles. The highest BCUT2D eigenvalue weighted by molar-refractivity contribution is 6.31. The molecule has 0 bridgehead atoms. The SMILES string of the molecule is CC(C)c1ccc(Nc2ccc(Cl)cc2N)cc1. The third-order valence-electron chi connectivity index (χ3n) is 2.87. The van der Waals surface area contributed by atoms with Crippen molar-refractivity contribution in [3.05, 3.63) is 53.1 Å². The molecule has 0 aliphatic heterocycles. The summed E-state index contributed by atoms with van der Waals surface area (Å²) < 4.78 is 0. The summed E-state index contributed by atoms with van der Waals surface area (Å²) in [4.78, 5) is 0.